The molecule has 4 rings (SSSR count). The number of ketones is 1. The Morgan fingerprint density at radius 1 is 1.03 bits per heavy atom. The van der Waals surface area contributed by atoms with E-state index in [1.54, 1.807) is 32.0 Å². The van der Waals surface area contributed by atoms with Crippen LogP contribution in [-0.2, 0) is 22.9 Å². The van der Waals surface area contributed by atoms with E-state index in [-0.39, 0.29) is 27.5 Å². The van der Waals surface area contributed by atoms with Gasteiger partial charge in [-0.25, -0.2) is 8.42 Å². The third-order valence-corrected chi connectivity index (χ3v) is 8.69. The highest BCUT2D eigenvalue weighted by molar-refractivity contribution is 7.99. The van der Waals surface area contributed by atoms with Crippen LogP contribution in [0, 0.1) is 0 Å². The molecule has 0 atom stereocenters. The first-order valence-electron chi connectivity index (χ1n) is 11.1. The molecule has 0 N–H and O–H groups in total. The Morgan fingerprint density at radius 2 is 1.79 bits per heavy atom. The van der Waals surface area contributed by atoms with Gasteiger partial charge >= 0.3 is 0 Å². The van der Waals surface area contributed by atoms with Gasteiger partial charge < -0.3 is 4.42 Å². The van der Waals surface area contributed by atoms with Crippen molar-refractivity contribution in [1.29, 1.82) is 0 Å². The van der Waals surface area contributed by atoms with Crippen molar-refractivity contribution >= 4 is 27.6 Å². The fraction of sp³-hybridized carbons (Fsp3) is 0.375. The van der Waals surface area contributed by atoms with Crippen LogP contribution >= 0.6 is 11.8 Å². The molecule has 0 spiro atoms. The van der Waals surface area contributed by atoms with Gasteiger partial charge in [-0.15, -0.1) is 10.2 Å². The lowest BCUT2D eigenvalue weighted by Crippen LogP contribution is -2.30. The molecule has 2 aromatic carbocycles. The quantitative estimate of drug-likeness (QED) is 0.322. The Bertz CT molecular complexity index is 1250. The van der Waals surface area contributed by atoms with Gasteiger partial charge in [-0.3, -0.25) is 4.79 Å². The molecule has 0 fully saturated rings. The molecule has 0 saturated heterocycles. The smallest absolute Gasteiger partial charge is 0.277 e. The van der Waals surface area contributed by atoms with Gasteiger partial charge in [0.05, 0.1) is 10.6 Å². The minimum atomic E-state index is -3.59. The fourth-order valence-electron chi connectivity index (χ4n) is 4.00. The van der Waals surface area contributed by atoms with Crippen LogP contribution in [0.25, 0.3) is 11.5 Å². The number of aryl methyl sites for hydroxylation is 2. The molecule has 1 aromatic heterocycles. The first-order chi connectivity index (χ1) is 15.9. The summed E-state index contributed by atoms with van der Waals surface area (Å²) in [6.07, 6.45) is 4.49. The fourth-order valence-corrected chi connectivity index (χ4v) is 6.17. The van der Waals surface area contributed by atoms with E-state index < -0.39 is 10.0 Å². The number of thioether (sulfide) groups is 1. The molecule has 0 unspecified atom stereocenters. The van der Waals surface area contributed by atoms with Crippen molar-refractivity contribution in [3.05, 3.63) is 59.2 Å². The van der Waals surface area contributed by atoms with E-state index in [9.17, 15) is 13.2 Å². The SMILES string of the molecule is CCN(CC)S(=O)(=O)c1cccc(-c2nnc(SCC(=O)c3ccc4c(c3)CCCC4)o2)c1. The Labute approximate surface area is 198 Å². The lowest BCUT2D eigenvalue weighted by Gasteiger charge is -2.18. The summed E-state index contributed by atoms with van der Waals surface area (Å²) < 4.78 is 32.7. The third-order valence-electron chi connectivity index (χ3n) is 5.83. The first kappa shape index (κ1) is 23.7. The Kier molecular flexibility index (Phi) is 7.31. The van der Waals surface area contributed by atoms with E-state index >= 15 is 0 Å². The summed E-state index contributed by atoms with van der Waals surface area (Å²) in [4.78, 5) is 12.9. The summed E-state index contributed by atoms with van der Waals surface area (Å²) in [5.74, 6) is 0.423. The Hall–Kier alpha value is -2.49. The van der Waals surface area contributed by atoms with Crippen LogP contribution in [0.3, 0.4) is 0 Å². The van der Waals surface area contributed by atoms with E-state index in [4.69, 9.17) is 4.42 Å². The largest absolute Gasteiger partial charge is 0.411 e. The van der Waals surface area contributed by atoms with Gasteiger partial charge in [-0.05, 0) is 61.1 Å². The molecular formula is C24H27N3O4S2. The Balaban J connectivity index is 1.45. The van der Waals surface area contributed by atoms with Crippen LogP contribution < -0.4 is 0 Å². The van der Waals surface area contributed by atoms with Crippen molar-refractivity contribution < 1.29 is 17.6 Å². The molecule has 0 amide bonds. The summed E-state index contributed by atoms with van der Waals surface area (Å²) in [6, 6.07) is 12.4. The van der Waals surface area contributed by atoms with Gasteiger partial charge in [-0.2, -0.15) is 4.31 Å². The van der Waals surface area contributed by atoms with Gasteiger partial charge in [-0.1, -0.05) is 43.8 Å². The number of nitrogens with zero attached hydrogens (tertiary/aromatic N) is 3. The van der Waals surface area contributed by atoms with Crippen molar-refractivity contribution in [3.63, 3.8) is 0 Å². The third kappa shape index (κ3) is 5.20. The molecular weight excluding hydrogens is 458 g/mol. The molecule has 0 saturated carbocycles. The van der Waals surface area contributed by atoms with E-state index in [1.807, 2.05) is 12.1 Å². The predicted octanol–water partition coefficient (Wildman–Crippen LogP) is 4.62. The van der Waals surface area contributed by atoms with Crippen LogP contribution in [0.4, 0.5) is 0 Å². The van der Waals surface area contributed by atoms with Crippen LogP contribution in [0.15, 0.2) is 57.0 Å². The second-order valence-corrected chi connectivity index (χ2v) is 10.8. The minimum absolute atomic E-state index is 0.0143. The minimum Gasteiger partial charge on any atom is -0.411 e. The number of Topliss-reactive ketones (excluding diaryl/α,β-unsaturated/α-hetero) is 1. The summed E-state index contributed by atoms with van der Waals surface area (Å²) in [5.41, 5.74) is 3.84. The lowest BCUT2D eigenvalue weighted by molar-refractivity contribution is 0.102. The van der Waals surface area contributed by atoms with Crippen LogP contribution in [0.2, 0.25) is 0 Å². The number of hydrogen-bond acceptors (Lipinski definition) is 7. The second kappa shape index (κ2) is 10.2. The van der Waals surface area contributed by atoms with E-state index in [0.29, 0.717) is 24.2 Å². The second-order valence-electron chi connectivity index (χ2n) is 7.89. The van der Waals surface area contributed by atoms with Crippen LogP contribution in [-0.4, -0.2) is 47.5 Å². The van der Waals surface area contributed by atoms with Gasteiger partial charge in [0.15, 0.2) is 5.78 Å². The molecule has 7 nitrogen and oxygen atoms in total. The van der Waals surface area contributed by atoms with Crippen molar-refractivity contribution in [2.45, 2.75) is 49.6 Å². The van der Waals surface area contributed by atoms with Gasteiger partial charge in [0, 0.05) is 24.2 Å². The molecule has 1 aliphatic carbocycles. The summed E-state index contributed by atoms with van der Waals surface area (Å²) >= 11 is 1.18. The number of benzene rings is 2. The molecule has 33 heavy (non-hydrogen) atoms. The zero-order valence-electron chi connectivity index (χ0n) is 18.8. The number of hydrogen-bond donors (Lipinski definition) is 0. The normalized spacial score (nSPS) is 13.8. The number of carbonyl (C=O) groups is 1. The highest BCUT2D eigenvalue weighted by Crippen LogP contribution is 2.27. The van der Waals surface area contributed by atoms with Crippen molar-refractivity contribution in [2.24, 2.45) is 0 Å². The van der Waals surface area contributed by atoms with Gasteiger partial charge in [0.25, 0.3) is 5.22 Å². The number of aromatic nitrogens is 2. The van der Waals surface area contributed by atoms with Crippen molar-refractivity contribution in [3.8, 4) is 11.5 Å². The summed E-state index contributed by atoms with van der Waals surface area (Å²) in [7, 11) is -3.59. The molecule has 9 heteroatoms. The highest BCUT2D eigenvalue weighted by Gasteiger charge is 2.23. The monoisotopic (exact) mass is 485 g/mol. The number of rotatable bonds is 9. The van der Waals surface area contributed by atoms with Crippen molar-refractivity contribution in [2.75, 3.05) is 18.8 Å². The molecule has 174 valence electrons. The first-order valence-corrected chi connectivity index (χ1v) is 13.6. The van der Waals surface area contributed by atoms with Crippen molar-refractivity contribution in [1.82, 2.24) is 14.5 Å². The van der Waals surface area contributed by atoms with E-state index in [1.165, 1.54) is 46.1 Å². The average Bonchev–Trinajstić information content (AvgIpc) is 3.32. The zero-order valence-corrected chi connectivity index (χ0v) is 20.4. The maximum absolute atomic E-state index is 12.8. The molecule has 3 aromatic rings. The van der Waals surface area contributed by atoms with Gasteiger partial charge in [0.1, 0.15) is 0 Å². The van der Waals surface area contributed by atoms with Gasteiger partial charge in [0.2, 0.25) is 15.9 Å². The van der Waals surface area contributed by atoms with Crippen LogP contribution in [0.5, 0.6) is 0 Å². The van der Waals surface area contributed by atoms with E-state index in [0.717, 1.165) is 12.8 Å². The standard InChI is InChI=1S/C24H27N3O4S2/c1-3-27(4-2)33(29,30)21-11-7-10-20(15-21)23-25-26-24(31-23)32-16-22(28)19-13-12-17-8-5-6-9-18(17)14-19/h7,10-15H,3-6,8-9,16H2,1-2H3. The van der Waals surface area contributed by atoms with E-state index in [2.05, 4.69) is 16.3 Å². The highest BCUT2D eigenvalue weighted by atomic mass is 32.2. The molecule has 1 aliphatic rings. The molecule has 0 bridgehead atoms. The molecule has 0 aliphatic heterocycles. The Morgan fingerprint density at radius 3 is 2.55 bits per heavy atom. The number of fused-ring (bicyclic) bond motifs is 1. The zero-order chi connectivity index (χ0) is 23.4. The topological polar surface area (TPSA) is 93.4 Å². The number of carbonyl (C=O) groups excluding carboxylic acids is 1. The predicted molar refractivity (Wildman–Crippen MR) is 128 cm³/mol. The maximum atomic E-state index is 12.8. The maximum Gasteiger partial charge on any atom is 0.277 e. The summed E-state index contributed by atoms with van der Waals surface area (Å²) in [5, 5.41) is 8.34. The number of sulfonamides is 1. The molecule has 0 radical (unpaired) electrons. The molecule has 1 heterocycles. The average molecular weight is 486 g/mol. The van der Waals surface area contributed by atoms with Crippen LogP contribution in [0.1, 0.15) is 48.2 Å². The summed E-state index contributed by atoms with van der Waals surface area (Å²) in [6.45, 7) is 4.39. The lowest BCUT2D eigenvalue weighted by atomic mass is 9.90.